The first-order valence-corrected chi connectivity index (χ1v) is 5.88. The molecular formula is C14H22O2. The summed E-state index contributed by atoms with van der Waals surface area (Å²) in [6, 6.07) is 6.37. The first-order chi connectivity index (χ1) is 7.58. The molecule has 2 atom stereocenters. The van der Waals surface area contributed by atoms with Gasteiger partial charge in [0.15, 0.2) is 6.29 Å². The normalized spacial score (nSPS) is 14.6. The van der Waals surface area contributed by atoms with Gasteiger partial charge in [-0.3, -0.25) is 0 Å². The Kier molecular flexibility index (Phi) is 4.81. The molecular weight excluding hydrogens is 200 g/mol. The molecule has 1 aromatic carbocycles. The molecule has 16 heavy (non-hydrogen) atoms. The van der Waals surface area contributed by atoms with Crippen LogP contribution in [-0.4, -0.2) is 13.4 Å². The second-order valence-electron chi connectivity index (χ2n) is 4.26. The van der Waals surface area contributed by atoms with Crippen molar-refractivity contribution in [3.05, 3.63) is 29.3 Å². The zero-order chi connectivity index (χ0) is 12.1. The second kappa shape index (κ2) is 5.90. The molecule has 0 aromatic heterocycles. The number of benzene rings is 1. The van der Waals surface area contributed by atoms with E-state index < -0.39 is 0 Å². The van der Waals surface area contributed by atoms with Gasteiger partial charge in [0.2, 0.25) is 0 Å². The van der Waals surface area contributed by atoms with Gasteiger partial charge in [-0.25, -0.2) is 0 Å². The Morgan fingerprint density at radius 2 is 1.94 bits per heavy atom. The van der Waals surface area contributed by atoms with Gasteiger partial charge in [-0.2, -0.15) is 0 Å². The number of rotatable bonds is 5. The van der Waals surface area contributed by atoms with Gasteiger partial charge in [-0.05, 0) is 43.4 Å². The minimum atomic E-state index is -0.201. The zero-order valence-electron chi connectivity index (χ0n) is 10.9. The van der Waals surface area contributed by atoms with Gasteiger partial charge >= 0.3 is 0 Å². The molecule has 2 nitrogen and oxygen atoms in total. The largest absolute Gasteiger partial charge is 0.465 e. The highest BCUT2D eigenvalue weighted by Gasteiger charge is 2.08. The lowest BCUT2D eigenvalue weighted by Gasteiger charge is -2.16. The molecule has 0 saturated carbocycles. The fraction of sp³-hybridized carbons (Fsp3) is 0.571. The molecule has 0 amide bonds. The molecule has 0 heterocycles. The maximum Gasteiger partial charge on any atom is 0.196 e. The summed E-state index contributed by atoms with van der Waals surface area (Å²) in [5.41, 5.74) is 2.54. The second-order valence-corrected chi connectivity index (χ2v) is 4.26. The lowest BCUT2D eigenvalue weighted by molar-refractivity contribution is -0.0386. The van der Waals surface area contributed by atoms with Crippen LogP contribution >= 0.6 is 0 Å². The van der Waals surface area contributed by atoms with Gasteiger partial charge in [0.1, 0.15) is 5.75 Å². The summed E-state index contributed by atoms with van der Waals surface area (Å²) in [5.74, 6) is 1.51. The quantitative estimate of drug-likeness (QED) is 0.704. The summed E-state index contributed by atoms with van der Waals surface area (Å²) in [4.78, 5) is 0. The molecule has 0 aliphatic heterocycles. The van der Waals surface area contributed by atoms with Crippen LogP contribution in [-0.2, 0) is 4.74 Å². The molecule has 2 heteroatoms. The average Bonchev–Trinajstić information content (AvgIpc) is 2.30. The van der Waals surface area contributed by atoms with Crippen molar-refractivity contribution in [1.82, 2.24) is 0 Å². The summed E-state index contributed by atoms with van der Waals surface area (Å²) >= 11 is 0. The Morgan fingerprint density at radius 1 is 1.25 bits per heavy atom. The van der Waals surface area contributed by atoms with E-state index in [1.54, 1.807) is 7.11 Å². The first-order valence-electron chi connectivity index (χ1n) is 5.88. The predicted molar refractivity (Wildman–Crippen MR) is 67.0 cm³/mol. The maximum atomic E-state index is 5.64. The van der Waals surface area contributed by atoms with E-state index in [0.717, 1.165) is 12.2 Å². The Morgan fingerprint density at radius 3 is 2.44 bits per heavy atom. The molecule has 0 spiro atoms. The van der Waals surface area contributed by atoms with Crippen molar-refractivity contribution in [2.75, 3.05) is 7.11 Å². The molecule has 0 fully saturated rings. The van der Waals surface area contributed by atoms with Gasteiger partial charge in [0.25, 0.3) is 0 Å². The highest BCUT2D eigenvalue weighted by Crippen LogP contribution is 2.26. The average molecular weight is 222 g/mol. The van der Waals surface area contributed by atoms with E-state index in [0.29, 0.717) is 5.92 Å². The number of hydrogen-bond acceptors (Lipinski definition) is 2. The summed E-state index contributed by atoms with van der Waals surface area (Å²) < 4.78 is 10.7. The third-order valence-corrected chi connectivity index (χ3v) is 3.01. The van der Waals surface area contributed by atoms with Crippen LogP contribution < -0.4 is 4.74 Å². The molecule has 2 unspecified atom stereocenters. The van der Waals surface area contributed by atoms with E-state index in [-0.39, 0.29) is 6.29 Å². The molecule has 0 aliphatic rings. The van der Waals surface area contributed by atoms with Crippen LogP contribution in [0.5, 0.6) is 5.75 Å². The lowest BCUT2D eigenvalue weighted by atomic mass is 9.97. The Bertz CT molecular complexity index is 334. The van der Waals surface area contributed by atoms with Crippen molar-refractivity contribution in [3.8, 4) is 5.75 Å². The summed E-state index contributed by atoms with van der Waals surface area (Å²) in [7, 11) is 1.65. The van der Waals surface area contributed by atoms with E-state index in [2.05, 4.69) is 32.9 Å². The van der Waals surface area contributed by atoms with E-state index in [1.165, 1.54) is 11.1 Å². The maximum absolute atomic E-state index is 5.64. The van der Waals surface area contributed by atoms with Crippen LogP contribution in [0.3, 0.4) is 0 Å². The fourth-order valence-electron chi connectivity index (χ4n) is 1.57. The van der Waals surface area contributed by atoms with Gasteiger partial charge in [0, 0.05) is 7.11 Å². The number of methoxy groups -OCH3 is 1. The molecule has 0 N–H and O–H groups in total. The van der Waals surface area contributed by atoms with Gasteiger partial charge in [-0.15, -0.1) is 0 Å². The van der Waals surface area contributed by atoms with E-state index in [9.17, 15) is 0 Å². The molecule has 1 aromatic rings. The lowest BCUT2D eigenvalue weighted by Crippen LogP contribution is -2.14. The van der Waals surface area contributed by atoms with Crippen molar-refractivity contribution < 1.29 is 9.47 Å². The Labute approximate surface area is 98.6 Å². The van der Waals surface area contributed by atoms with Gasteiger partial charge in [-0.1, -0.05) is 26.0 Å². The smallest absolute Gasteiger partial charge is 0.196 e. The van der Waals surface area contributed by atoms with Crippen LogP contribution in [0.2, 0.25) is 0 Å². The zero-order valence-corrected chi connectivity index (χ0v) is 10.9. The Balaban J connectivity index is 2.83. The number of aryl methyl sites for hydroxylation is 1. The highest BCUT2D eigenvalue weighted by atomic mass is 16.7. The highest BCUT2D eigenvalue weighted by molar-refractivity contribution is 5.37. The van der Waals surface area contributed by atoms with Crippen LogP contribution in [0, 0.1) is 6.92 Å². The SMILES string of the molecule is CCC(C)c1ccc(OC(C)OC)c(C)c1. The van der Waals surface area contributed by atoms with Crippen LogP contribution in [0.15, 0.2) is 18.2 Å². The standard InChI is InChI=1S/C14H22O2/c1-6-10(2)13-7-8-14(11(3)9-13)16-12(4)15-5/h7-10,12H,6H2,1-5H3. The van der Waals surface area contributed by atoms with Gasteiger partial charge in [0.05, 0.1) is 0 Å². The van der Waals surface area contributed by atoms with E-state index in [4.69, 9.17) is 9.47 Å². The van der Waals surface area contributed by atoms with Crippen molar-refractivity contribution in [1.29, 1.82) is 0 Å². The van der Waals surface area contributed by atoms with Crippen molar-refractivity contribution >= 4 is 0 Å². The third-order valence-electron chi connectivity index (χ3n) is 3.01. The molecule has 0 aliphatic carbocycles. The van der Waals surface area contributed by atoms with Crippen LogP contribution in [0.25, 0.3) is 0 Å². The van der Waals surface area contributed by atoms with Crippen LogP contribution in [0.1, 0.15) is 44.2 Å². The minimum Gasteiger partial charge on any atom is -0.465 e. The van der Waals surface area contributed by atoms with Crippen LogP contribution in [0.4, 0.5) is 0 Å². The first kappa shape index (κ1) is 13.0. The summed E-state index contributed by atoms with van der Waals surface area (Å²) in [6.07, 6.45) is 0.960. The number of hydrogen-bond donors (Lipinski definition) is 0. The predicted octanol–water partition coefficient (Wildman–Crippen LogP) is 3.88. The molecule has 0 saturated heterocycles. The summed E-state index contributed by atoms with van der Waals surface area (Å²) in [5, 5.41) is 0. The monoisotopic (exact) mass is 222 g/mol. The van der Waals surface area contributed by atoms with E-state index in [1.807, 2.05) is 13.0 Å². The molecule has 0 bridgehead atoms. The van der Waals surface area contributed by atoms with Crippen molar-refractivity contribution in [2.24, 2.45) is 0 Å². The number of ether oxygens (including phenoxy) is 2. The third kappa shape index (κ3) is 3.24. The topological polar surface area (TPSA) is 18.5 Å². The van der Waals surface area contributed by atoms with Crippen molar-refractivity contribution in [2.45, 2.75) is 46.3 Å². The van der Waals surface area contributed by atoms with E-state index >= 15 is 0 Å². The molecule has 0 radical (unpaired) electrons. The van der Waals surface area contributed by atoms with Gasteiger partial charge < -0.3 is 9.47 Å². The Hall–Kier alpha value is -1.02. The van der Waals surface area contributed by atoms with Crippen molar-refractivity contribution in [3.63, 3.8) is 0 Å². The summed E-state index contributed by atoms with van der Waals surface area (Å²) in [6.45, 7) is 8.41. The molecule has 90 valence electrons. The molecule has 1 rings (SSSR count). The fourth-order valence-corrected chi connectivity index (χ4v) is 1.57. The minimum absolute atomic E-state index is 0.201.